The number of fused-ring (bicyclic) bond motifs is 1. The van der Waals surface area contributed by atoms with Gasteiger partial charge in [0.05, 0.1) is 12.2 Å². The molecule has 0 saturated carbocycles. The highest BCUT2D eigenvalue weighted by Gasteiger charge is 2.46. The van der Waals surface area contributed by atoms with E-state index in [9.17, 15) is 0 Å². The van der Waals surface area contributed by atoms with Crippen LogP contribution in [0.25, 0.3) is 0 Å². The Labute approximate surface area is 149 Å². The number of aromatic nitrogens is 2. The Kier molecular flexibility index (Phi) is 3.72. The highest BCUT2D eigenvalue weighted by atomic mass is 15.5. The van der Waals surface area contributed by atoms with E-state index >= 15 is 0 Å². The van der Waals surface area contributed by atoms with Crippen LogP contribution < -0.4 is 4.90 Å². The number of likely N-dealkylation sites (N-methyl/N-ethyl adjacent to an activating group) is 1. The summed E-state index contributed by atoms with van der Waals surface area (Å²) in [5.41, 5.74) is 4.57. The molecule has 0 radical (unpaired) electrons. The van der Waals surface area contributed by atoms with Gasteiger partial charge in [-0.15, -0.1) is 6.58 Å². The van der Waals surface area contributed by atoms with E-state index in [0.29, 0.717) is 0 Å². The first-order chi connectivity index (χ1) is 12.2. The fourth-order valence-corrected chi connectivity index (χ4v) is 4.10. The van der Waals surface area contributed by atoms with Crippen LogP contribution in [0.4, 0.5) is 5.82 Å². The molecule has 1 aliphatic rings. The molecule has 25 heavy (non-hydrogen) atoms. The van der Waals surface area contributed by atoms with Crippen LogP contribution in [0.1, 0.15) is 22.4 Å². The number of hydrogen-bond donors (Lipinski definition) is 0. The van der Waals surface area contributed by atoms with Gasteiger partial charge >= 0.3 is 0 Å². The van der Waals surface area contributed by atoms with Gasteiger partial charge in [-0.1, -0.05) is 66.7 Å². The minimum absolute atomic E-state index is 0.309. The predicted molar refractivity (Wildman–Crippen MR) is 103 cm³/mol. The SMILES string of the molecule is C=CCc1c(C)nn2c1N(C)CC2(c1ccccc1)c1ccccc1. The van der Waals surface area contributed by atoms with Crippen LogP contribution in [-0.2, 0) is 12.0 Å². The highest BCUT2D eigenvalue weighted by Crippen LogP contribution is 2.45. The van der Waals surface area contributed by atoms with Gasteiger partial charge in [0.1, 0.15) is 11.4 Å². The number of nitrogens with zero attached hydrogens (tertiary/aromatic N) is 3. The molecule has 0 aliphatic carbocycles. The van der Waals surface area contributed by atoms with Crippen molar-refractivity contribution < 1.29 is 0 Å². The van der Waals surface area contributed by atoms with Crippen molar-refractivity contribution in [3.8, 4) is 0 Å². The largest absolute Gasteiger partial charge is 0.356 e. The molecule has 0 unspecified atom stereocenters. The highest BCUT2D eigenvalue weighted by molar-refractivity contribution is 5.60. The summed E-state index contributed by atoms with van der Waals surface area (Å²) in [6.45, 7) is 6.89. The molecular weight excluding hydrogens is 306 g/mol. The van der Waals surface area contributed by atoms with Crippen LogP contribution in [0.15, 0.2) is 73.3 Å². The molecule has 0 bridgehead atoms. The normalized spacial score (nSPS) is 15.2. The van der Waals surface area contributed by atoms with Crippen molar-refractivity contribution >= 4 is 5.82 Å². The quantitative estimate of drug-likeness (QED) is 0.670. The summed E-state index contributed by atoms with van der Waals surface area (Å²) in [4.78, 5) is 2.33. The van der Waals surface area contributed by atoms with Crippen molar-refractivity contribution in [2.24, 2.45) is 0 Å². The second kappa shape index (κ2) is 5.92. The molecule has 3 heteroatoms. The van der Waals surface area contributed by atoms with Crippen molar-refractivity contribution in [1.29, 1.82) is 0 Å². The van der Waals surface area contributed by atoms with Crippen molar-refractivity contribution in [3.05, 3.63) is 95.7 Å². The standard InChI is InChI=1S/C22H23N3/c1-4-11-20-17(2)23-25-21(20)24(3)16-22(25,18-12-7-5-8-13-18)19-14-9-6-10-15-19/h4-10,12-15H,1,11,16H2,2-3H3. The average molecular weight is 329 g/mol. The van der Waals surface area contributed by atoms with Crippen molar-refractivity contribution in [2.75, 3.05) is 18.5 Å². The summed E-state index contributed by atoms with van der Waals surface area (Å²) >= 11 is 0. The van der Waals surface area contributed by atoms with Gasteiger partial charge in [-0.3, -0.25) is 0 Å². The molecule has 3 aromatic rings. The minimum atomic E-state index is -0.309. The molecule has 2 heterocycles. The maximum atomic E-state index is 4.99. The van der Waals surface area contributed by atoms with E-state index in [4.69, 9.17) is 5.10 Å². The molecule has 0 atom stereocenters. The lowest BCUT2D eigenvalue weighted by Crippen LogP contribution is -2.39. The van der Waals surface area contributed by atoms with E-state index in [0.717, 1.165) is 18.7 Å². The van der Waals surface area contributed by atoms with Gasteiger partial charge in [0, 0.05) is 12.6 Å². The van der Waals surface area contributed by atoms with Crippen LogP contribution in [-0.4, -0.2) is 23.4 Å². The van der Waals surface area contributed by atoms with Crippen molar-refractivity contribution in [2.45, 2.75) is 18.9 Å². The fraction of sp³-hybridized carbons (Fsp3) is 0.227. The maximum absolute atomic E-state index is 4.99. The maximum Gasteiger partial charge on any atom is 0.132 e. The number of hydrogen-bond acceptors (Lipinski definition) is 2. The summed E-state index contributed by atoms with van der Waals surface area (Å²) in [7, 11) is 2.16. The zero-order chi connectivity index (χ0) is 17.4. The zero-order valence-electron chi connectivity index (χ0n) is 14.8. The molecule has 0 N–H and O–H groups in total. The van der Waals surface area contributed by atoms with Gasteiger partial charge in [-0.25, -0.2) is 4.68 Å². The lowest BCUT2D eigenvalue weighted by atomic mass is 9.83. The second-order valence-electron chi connectivity index (χ2n) is 6.74. The van der Waals surface area contributed by atoms with Gasteiger partial charge in [0.2, 0.25) is 0 Å². The Morgan fingerprint density at radius 3 is 2.12 bits per heavy atom. The molecule has 1 aromatic heterocycles. The predicted octanol–water partition coefficient (Wildman–Crippen LogP) is 4.16. The zero-order valence-corrected chi connectivity index (χ0v) is 14.8. The van der Waals surface area contributed by atoms with Crippen molar-refractivity contribution in [1.82, 2.24) is 9.78 Å². The summed E-state index contributed by atoms with van der Waals surface area (Å²) in [5, 5.41) is 4.99. The van der Waals surface area contributed by atoms with Gasteiger partial charge < -0.3 is 4.90 Å². The average Bonchev–Trinajstić information content (AvgIpc) is 3.12. The van der Waals surface area contributed by atoms with Crippen molar-refractivity contribution in [3.63, 3.8) is 0 Å². The third-order valence-corrected chi connectivity index (χ3v) is 5.20. The number of anilines is 1. The van der Waals surface area contributed by atoms with Gasteiger partial charge in [-0.2, -0.15) is 5.10 Å². The van der Waals surface area contributed by atoms with Crippen LogP contribution in [0.3, 0.4) is 0 Å². The first-order valence-corrected chi connectivity index (χ1v) is 8.70. The van der Waals surface area contributed by atoms with Gasteiger partial charge in [0.25, 0.3) is 0 Å². The summed E-state index contributed by atoms with van der Waals surface area (Å²) in [6.07, 6.45) is 2.80. The lowest BCUT2D eigenvalue weighted by Gasteiger charge is -2.31. The molecule has 1 aliphatic heterocycles. The van der Waals surface area contributed by atoms with Crippen LogP contribution >= 0.6 is 0 Å². The molecule has 0 spiro atoms. The lowest BCUT2D eigenvalue weighted by molar-refractivity contribution is 0.440. The molecule has 0 saturated heterocycles. The molecule has 2 aromatic carbocycles. The van der Waals surface area contributed by atoms with E-state index in [1.807, 2.05) is 6.08 Å². The summed E-state index contributed by atoms with van der Waals surface area (Å²) < 4.78 is 2.23. The van der Waals surface area contributed by atoms with E-state index in [-0.39, 0.29) is 5.54 Å². The molecule has 126 valence electrons. The first-order valence-electron chi connectivity index (χ1n) is 8.70. The number of aryl methyl sites for hydroxylation is 1. The monoisotopic (exact) mass is 329 g/mol. The summed E-state index contributed by atoms with van der Waals surface area (Å²) in [5.74, 6) is 1.20. The Morgan fingerprint density at radius 1 is 1.04 bits per heavy atom. The van der Waals surface area contributed by atoms with E-state index < -0.39 is 0 Å². The van der Waals surface area contributed by atoms with E-state index in [1.54, 1.807) is 0 Å². The van der Waals surface area contributed by atoms with E-state index in [2.05, 4.69) is 90.8 Å². The summed E-state index contributed by atoms with van der Waals surface area (Å²) in [6, 6.07) is 21.4. The van der Waals surface area contributed by atoms with Gasteiger partial charge in [0.15, 0.2) is 0 Å². The van der Waals surface area contributed by atoms with Crippen LogP contribution in [0.5, 0.6) is 0 Å². The fourth-order valence-electron chi connectivity index (χ4n) is 4.10. The number of allylic oxidation sites excluding steroid dienone is 1. The molecule has 4 rings (SSSR count). The van der Waals surface area contributed by atoms with Crippen LogP contribution in [0.2, 0.25) is 0 Å². The molecular formula is C22H23N3. The number of benzene rings is 2. The number of rotatable bonds is 4. The topological polar surface area (TPSA) is 21.1 Å². The Hall–Kier alpha value is -2.81. The molecule has 0 amide bonds. The smallest absolute Gasteiger partial charge is 0.132 e. The Morgan fingerprint density at radius 2 is 1.60 bits per heavy atom. The Bertz CT molecular complexity index is 854. The third kappa shape index (κ3) is 2.23. The van der Waals surface area contributed by atoms with Crippen LogP contribution in [0, 0.1) is 6.92 Å². The van der Waals surface area contributed by atoms with E-state index in [1.165, 1.54) is 22.5 Å². The van der Waals surface area contributed by atoms with Gasteiger partial charge in [-0.05, 0) is 24.5 Å². The first kappa shape index (κ1) is 15.7. The Balaban J connectivity index is 2.03. The molecule has 3 nitrogen and oxygen atoms in total. The molecule has 0 fully saturated rings. The third-order valence-electron chi connectivity index (χ3n) is 5.20. The second-order valence-corrected chi connectivity index (χ2v) is 6.74. The minimum Gasteiger partial charge on any atom is -0.356 e.